The Bertz CT molecular complexity index is 1340. The van der Waals surface area contributed by atoms with Crippen molar-refractivity contribution in [3.05, 3.63) is 22.8 Å². The fourth-order valence-corrected chi connectivity index (χ4v) is 7.78. The molecule has 1 aromatic rings. The van der Waals surface area contributed by atoms with Crippen molar-refractivity contribution in [2.24, 2.45) is 29.4 Å². The number of nitrogens with two attached hydrogens (primary N) is 1. The fraction of sp³-hybridized carbons (Fsp3) is 0.633. The van der Waals surface area contributed by atoms with Gasteiger partial charge >= 0.3 is 0 Å². The van der Waals surface area contributed by atoms with E-state index in [-0.39, 0.29) is 24.2 Å². The number of carbonyl (C=O) groups excluding carboxylic acids is 5. The Hall–Kier alpha value is -3.19. The van der Waals surface area contributed by atoms with E-state index in [0.29, 0.717) is 23.4 Å². The highest BCUT2D eigenvalue weighted by molar-refractivity contribution is 6.32. The standard InChI is InChI=1S/C30H40N4O8/c1-32(2)23-18-12-15-11-17-21(24(36)20(15)27(38)30(18,41)28(39)22(25(23)37)29(31)40)19(35)13-16(26(17)42-4)14-33(3)9-10-34-7-5-6-8-34/h13,15,18,20,22-23,35,41H,5-12,14H2,1-4H3,(H2,31,40)/t15-,18-,20?,22?,23-,30-/m0/s1. The van der Waals surface area contributed by atoms with Crippen LogP contribution in [0.5, 0.6) is 11.5 Å². The van der Waals surface area contributed by atoms with Crippen molar-refractivity contribution in [3.63, 3.8) is 0 Å². The number of nitrogens with zero attached hydrogens (tertiary/aromatic N) is 3. The van der Waals surface area contributed by atoms with Gasteiger partial charge in [0.25, 0.3) is 0 Å². The van der Waals surface area contributed by atoms with Crippen LogP contribution in [0.1, 0.15) is 40.7 Å². The Morgan fingerprint density at radius 1 is 1.14 bits per heavy atom. The van der Waals surface area contributed by atoms with E-state index in [1.54, 1.807) is 14.1 Å². The summed E-state index contributed by atoms with van der Waals surface area (Å²) in [6.45, 7) is 4.36. The molecule has 1 amide bonds. The third-order valence-corrected chi connectivity index (χ3v) is 9.73. The Morgan fingerprint density at radius 3 is 2.40 bits per heavy atom. The van der Waals surface area contributed by atoms with E-state index in [1.807, 2.05) is 7.05 Å². The number of hydrogen-bond donors (Lipinski definition) is 3. The number of amides is 1. The zero-order valence-electron chi connectivity index (χ0n) is 24.6. The van der Waals surface area contributed by atoms with Gasteiger partial charge < -0.3 is 30.5 Å². The summed E-state index contributed by atoms with van der Waals surface area (Å²) in [5.41, 5.74) is 3.72. The quantitative estimate of drug-likeness (QED) is 0.334. The Balaban J connectivity index is 1.50. The highest BCUT2D eigenvalue weighted by atomic mass is 16.5. The molecule has 0 bridgehead atoms. The third kappa shape index (κ3) is 4.64. The van der Waals surface area contributed by atoms with Crippen LogP contribution in [0.25, 0.3) is 0 Å². The number of aliphatic hydroxyl groups is 1. The first-order valence-corrected chi connectivity index (χ1v) is 14.5. The number of hydrogen-bond acceptors (Lipinski definition) is 11. The van der Waals surface area contributed by atoms with Gasteiger partial charge in [0.1, 0.15) is 11.5 Å². The molecule has 1 heterocycles. The van der Waals surface area contributed by atoms with Crippen LogP contribution in [-0.4, -0.2) is 120 Å². The summed E-state index contributed by atoms with van der Waals surface area (Å²) in [7, 11) is 6.59. The van der Waals surface area contributed by atoms with Crippen molar-refractivity contribution in [2.45, 2.75) is 43.9 Å². The van der Waals surface area contributed by atoms with Crippen LogP contribution in [0.4, 0.5) is 0 Å². The molecular weight excluding hydrogens is 544 g/mol. The second-order valence-electron chi connectivity index (χ2n) is 12.5. The van der Waals surface area contributed by atoms with Gasteiger partial charge in [0.2, 0.25) is 5.91 Å². The molecule has 12 nitrogen and oxygen atoms in total. The van der Waals surface area contributed by atoms with Gasteiger partial charge in [-0.3, -0.25) is 28.9 Å². The number of aromatic hydroxyl groups is 1. The van der Waals surface area contributed by atoms with Gasteiger partial charge in [-0.1, -0.05) is 0 Å². The van der Waals surface area contributed by atoms with Crippen LogP contribution in [-0.2, 0) is 32.1 Å². The lowest BCUT2D eigenvalue weighted by molar-refractivity contribution is -0.181. The zero-order valence-corrected chi connectivity index (χ0v) is 24.6. The molecule has 6 atom stereocenters. The highest BCUT2D eigenvalue weighted by Crippen LogP contribution is 2.52. The van der Waals surface area contributed by atoms with E-state index in [9.17, 15) is 34.2 Å². The molecule has 0 radical (unpaired) electrons. The van der Waals surface area contributed by atoms with Crippen molar-refractivity contribution >= 4 is 29.0 Å². The number of primary amides is 1. The van der Waals surface area contributed by atoms with E-state index in [4.69, 9.17) is 10.5 Å². The first kappa shape index (κ1) is 30.3. The lowest BCUT2D eigenvalue weighted by Crippen LogP contribution is -2.74. The minimum absolute atomic E-state index is 0.00617. The second-order valence-corrected chi connectivity index (χ2v) is 12.5. The number of fused-ring (bicyclic) bond motifs is 3. The van der Waals surface area contributed by atoms with E-state index in [0.717, 1.165) is 26.2 Å². The Kier molecular flexibility index (Phi) is 8.03. The maximum Gasteiger partial charge on any atom is 0.235 e. The molecule has 42 heavy (non-hydrogen) atoms. The first-order chi connectivity index (χ1) is 19.8. The Morgan fingerprint density at radius 2 is 1.81 bits per heavy atom. The molecule has 1 aromatic carbocycles. The van der Waals surface area contributed by atoms with Crippen LogP contribution >= 0.6 is 0 Å². The number of ether oxygens (including phenoxy) is 1. The van der Waals surface area contributed by atoms with Crippen molar-refractivity contribution < 1.29 is 38.9 Å². The fourth-order valence-electron chi connectivity index (χ4n) is 7.78. The monoisotopic (exact) mass is 584 g/mol. The van der Waals surface area contributed by atoms with Gasteiger partial charge in [-0.25, -0.2) is 0 Å². The summed E-state index contributed by atoms with van der Waals surface area (Å²) >= 11 is 0. The van der Waals surface area contributed by atoms with Gasteiger partial charge in [-0.15, -0.1) is 0 Å². The molecule has 2 saturated carbocycles. The maximum absolute atomic E-state index is 14.0. The van der Waals surface area contributed by atoms with Crippen LogP contribution < -0.4 is 10.5 Å². The SMILES string of the molecule is COc1c(CN(C)CCN2CCCC2)cc(O)c2c1C[C@H]1C[C@H]3[C@H](N(C)C)C(=O)C(C(N)=O)C(=O)[C@@]3(O)C(=O)C1C2=O. The predicted molar refractivity (Wildman–Crippen MR) is 150 cm³/mol. The number of phenolic OH excluding ortho intramolecular Hbond substituents is 1. The molecule has 1 saturated heterocycles. The molecular formula is C30H40N4O8. The summed E-state index contributed by atoms with van der Waals surface area (Å²) in [6, 6.07) is 0.334. The number of carbonyl (C=O) groups is 5. The predicted octanol–water partition coefficient (Wildman–Crippen LogP) is -0.597. The summed E-state index contributed by atoms with van der Waals surface area (Å²) < 4.78 is 5.79. The zero-order chi connectivity index (χ0) is 30.7. The van der Waals surface area contributed by atoms with Crippen molar-refractivity contribution in [2.75, 3.05) is 54.4 Å². The number of likely N-dealkylation sites (N-methyl/N-ethyl adjacent to an activating group) is 2. The van der Waals surface area contributed by atoms with Gasteiger partial charge in [0, 0.05) is 36.7 Å². The average molecular weight is 585 g/mol. The number of ketones is 4. The summed E-state index contributed by atoms with van der Waals surface area (Å²) in [6.07, 6.45) is 2.56. The van der Waals surface area contributed by atoms with Gasteiger partial charge in [0.15, 0.2) is 34.7 Å². The molecule has 4 aliphatic rings. The lowest BCUT2D eigenvalue weighted by atomic mass is 9.52. The molecule has 1 aliphatic heterocycles. The van der Waals surface area contributed by atoms with Crippen molar-refractivity contribution in [3.8, 4) is 11.5 Å². The molecule has 5 rings (SSSR count). The molecule has 228 valence electrons. The normalized spacial score (nSPS) is 31.4. The molecule has 0 spiro atoms. The number of rotatable bonds is 8. The number of likely N-dealkylation sites (tertiary alicyclic amines) is 1. The second kappa shape index (κ2) is 11.1. The van der Waals surface area contributed by atoms with E-state index < -0.39 is 64.4 Å². The van der Waals surface area contributed by atoms with Gasteiger partial charge in [-0.05, 0) is 71.9 Å². The minimum atomic E-state index is -2.74. The molecule has 4 N–H and O–H groups in total. The number of phenols is 1. The summed E-state index contributed by atoms with van der Waals surface area (Å²) in [4.78, 5) is 72.6. The number of Topliss-reactive ketones (excluding diaryl/α,β-unsaturated/α-hetero) is 4. The lowest BCUT2D eigenvalue weighted by Gasteiger charge is -2.52. The number of benzene rings is 1. The number of methoxy groups -OCH3 is 1. The summed E-state index contributed by atoms with van der Waals surface area (Å²) in [5, 5.41) is 22.8. The molecule has 3 fully saturated rings. The van der Waals surface area contributed by atoms with Crippen LogP contribution in [0.15, 0.2) is 6.07 Å². The third-order valence-electron chi connectivity index (χ3n) is 9.73. The van der Waals surface area contributed by atoms with Crippen molar-refractivity contribution in [1.29, 1.82) is 0 Å². The molecule has 0 aromatic heterocycles. The van der Waals surface area contributed by atoms with Gasteiger partial charge in [0.05, 0.1) is 24.6 Å². The van der Waals surface area contributed by atoms with E-state index in [2.05, 4.69) is 9.80 Å². The van der Waals surface area contributed by atoms with Crippen LogP contribution in [0.3, 0.4) is 0 Å². The smallest absolute Gasteiger partial charge is 0.235 e. The first-order valence-electron chi connectivity index (χ1n) is 14.5. The van der Waals surface area contributed by atoms with E-state index >= 15 is 0 Å². The minimum Gasteiger partial charge on any atom is -0.507 e. The largest absolute Gasteiger partial charge is 0.507 e. The van der Waals surface area contributed by atoms with Crippen LogP contribution in [0, 0.1) is 23.7 Å². The summed E-state index contributed by atoms with van der Waals surface area (Å²) in [5.74, 6) is -10.2. The average Bonchev–Trinajstić information content (AvgIpc) is 3.43. The topological polar surface area (TPSA) is 171 Å². The Labute approximate surface area is 244 Å². The van der Waals surface area contributed by atoms with Crippen molar-refractivity contribution in [1.82, 2.24) is 14.7 Å². The molecule has 12 heteroatoms. The van der Waals surface area contributed by atoms with Gasteiger partial charge in [-0.2, -0.15) is 0 Å². The van der Waals surface area contributed by atoms with E-state index in [1.165, 1.54) is 30.9 Å². The maximum atomic E-state index is 14.0. The highest BCUT2D eigenvalue weighted by Gasteiger charge is 2.69. The molecule has 2 unspecified atom stereocenters. The molecule has 3 aliphatic carbocycles. The van der Waals surface area contributed by atoms with Crippen LogP contribution in [0.2, 0.25) is 0 Å².